The van der Waals surface area contributed by atoms with Crippen molar-refractivity contribution in [3.05, 3.63) is 40.6 Å². The van der Waals surface area contributed by atoms with Crippen LogP contribution in [0.3, 0.4) is 0 Å². The Morgan fingerprint density at radius 3 is 2.69 bits per heavy atom. The van der Waals surface area contributed by atoms with E-state index in [4.69, 9.17) is 9.72 Å². The minimum atomic E-state index is 0.0267. The van der Waals surface area contributed by atoms with E-state index in [0.29, 0.717) is 0 Å². The lowest BCUT2D eigenvalue weighted by Crippen LogP contribution is -2.34. The minimum Gasteiger partial charge on any atom is -0.375 e. The van der Waals surface area contributed by atoms with Crippen molar-refractivity contribution in [1.29, 1.82) is 0 Å². The van der Waals surface area contributed by atoms with Crippen molar-refractivity contribution >= 4 is 16.8 Å². The van der Waals surface area contributed by atoms with E-state index in [1.165, 1.54) is 5.56 Å². The number of hydrogen-bond acceptors (Lipinski definition) is 3. The van der Waals surface area contributed by atoms with Gasteiger partial charge in [0, 0.05) is 30.8 Å². The van der Waals surface area contributed by atoms with E-state index < -0.39 is 0 Å². The van der Waals surface area contributed by atoms with Crippen molar-refractivity contribution in [3.8, 4) is 0 Å². The molecule has 1 aromatic carbocycles. The molecule has 1 aromatic heterocycles. The standard InChI is InChI=1S/C22H28N2O2/c1-15-6-7-18-19(14-16(2)23-20(18)17(15)3)21(25)24-11-4-8-22(10-12-24)9-5-13-26-22/h6-7,14H,4-5,8-13H2,1-3H3. The van der Waals surface area contributed by atoms with E-state index in [2.05, 4.69) is 26.0 Å². The molecule has 2 fully saturated rings. The minimum absolute atomic E-state index is 0.0267. The Morgan fingerprint density at radius 2 is 1.92 bits per heavy atom. The summed E-state index contributed by atoms with van der Waals surface area (Å²) in [4.78, 5) is 20.1. The first kappa shape index (κ1) is 17.5. The smallest absolute Gasteiger partial charge is 0.254 e. The largest absolute Gasteiger partial charge is 0.375 e. The second-order valence-electron chi connectivity index (χ2n) is 8.00. The van der Waals surface area contributed by atoms with E-state index in [0.717, 1.165) is 79.5 Å². The Bertz CT molecular complexity index is 853. The maximum absolute atomic E-state index is 13.4. The molecule has 0 saturated carbocycles. The number of hydrogen-bond donors (Lipinski definition) is 0. The van der Waals surface area contributed by atoms with Crippen LogP contribution in [-0.4, -0.2) is 41.1 Å². The lowest BCUT2D eigenvalue weighted by molar-refractivity contribution is -0.00691. The normalized spacial score (nSPS) is 23.6. The van der Waals surface area contributed by atoms with E-state index in [-0.39, 0.29) is 11.5 Å². The number of fused-ring (bicyclic) bond motifs is 1. The number of carbonyl (C=O) groups is 1. The Morgan fingerprint density at radius 1 is 1.12 bits per heavy atom. The SMILES string of the molecule is Cc1cc(C(=O)N2CCCC3(CCCO3)CC2)c2ccc(C)c(C)c2n1. The number of amides is 1. The van der Waals surface area contributed by atoms with Crippen molar-refractivity contribution in [2.75, 3.05) is 19.7 Å². The van der Waals surface area contributed by atoms with Gasteiger partial charge in [0.15, 0.2) is 0 Å². The molecule has 3 heterocycles. The molecular weight excluding hydrogens is 324 g/mol. The monoisotopic (exact) mass is 352 g/mol. The van der Waals surface area contributed by atoms with Gasteiger partial charge in [-0.3, -0.25) is 9.78 Å². The van der Waals surface area contributed by atoms with Crippen LogP contribution in [0.2, 0.25) is 0 Å². The first-order chi connectivity index (χ1) is 12.5. The molecule has 4 nitrogen and oxygen atoms in total. The third kappa shape index (κ3) is 3.01. The van der Waals surface area contributed by atoms with Crippen molar-refractivity contribution < 1.29 is 9.53 Å². The number of aryl methyl sites for hydroxylation is 3. The summed E-state index contributed by atoms with van der Waals surface area (Å²) in [5.41, 5.74) is 5.05. The molecule has 0 radical (unpaired) electrons. The highest BCUT2D eigenvalue weighted by atomic mass is 16.5. The highest BCUT2D eigenvalue weighted by Crippen LogP contribution is 2.36. The number of aromatic nitrogens is 1. The number of pyridine rings is 1. The Kier molecular flexibility index (Phi) is 4.47. The molecule has 4 heteroatoms. The number of benzene rings is 1. The molecule has 0 bridgehead atoms. The first-order valence-electron chi connectivity index (χ1n) is 9.80. The molecule has 2 aliphatic rings. The molecule has 138 valence electrons. The fourth-order valence-corrected chi connectivity index (χ4v) is 4.53. The zero-order valence-corrected chi connectivity index (χ0v) is 16.1. The molecule has 2 saturated heterocycles. The molecule has 1 atom stereocenters. The summed E-state index contributed by atoms with van der Waals surface area (Å²) in [7, 11) is 0. The van der Waals surface area contributed by atoms with Gasteiger partial charge in [-0.2, -0.15) is 0 Å². The van der Waals surface area contributed by atoms with Gasteiger partial charge in [-0.25, -0.2) is 0 Å². The van der Waals surface area contributed by atoms with Crippen LogP contribution < -0.4 is 0 Å². The number of nitrogens with zero attached hydrogens (tertiary/aromatic N) is 2. The maximum atomic E-state index is 13.4. The second-order valence-corrected chi connectivity index (χ2v) is 8.00. The summed E-state index contributed by atoms with van der Waals surface area (Å²) in [5.74, 6) is 0.138. The third-order valence-corrected chi connectivity index (χ3v) is 6.23. The fourth-order valence-electron chi connectivity index (χ4n) is 4.53. The van der Waals surface area contributed by atoms with E-state index in [9.17, 15) is 4.79 Å². The van der Waals surface area contributed by atoms with Crippen LogP contribution in [0.1, 0.15) is 59.3 Å². The predicted octanol–water partition coefficient (Wildman–Crippen LogP) is 4.34. The van der Waals surface area contributed by atoms with Crippen molar-refractivity contribution in [3.63, 3.8) is 0 Å². The van der Waals surface area contributed by atoms with Crippen LogP contribution in [0.4, 0.5) is 0 Å². The van der Waals surface area contributed by atoms with Gasteiger partial charge >= 0.3 is 0 Å². The summed E-state index contributed by atoms with van der Waals surface area (Å²) in [6.07, 6.45) is 5.35. The highest BCUT2D eigenvalue weighted by Gasteiger charge is 2.37. The average molecular weight is 352 g/mol. The average Bonchev–Trinajstić information content (AvgIpc) is 2.98. The van der Waals surface area contributed by atoms with Gasteiger partial charge in [0.25, 0.3) is 5.91 Å². The molecule has 1 spiro atoms. The Labute approximate surface area is 155 Å². The van der Waals surface area contributed by atoms with E-state index in [1.807, 2.05) is 17.9 Å². The van der Waals surface area contributed by atoms with Gasteiger partial charge < -0.3 is 9.64 Å². The molecule has 1 unspecified atom stereocenters. The Balaban J connectivity index is 1.67. The number of carbonyl (C=O) groups excluding carboxylic acids is 1. The van der Waals surface area contributed by atoms with Gasteiger partial charge in [0.05, 0.1) is 16.7 Å². The third-order valence-electron chi connectivity index (χ3n) is 6.23. The predicted molar refractivity (Wildman–Crippen MR) is 104 cm³/mol. The molecule has 0 N–H and O–H groups in total. The van der Waals surface area contributed by atoms with Gasteiger partial charge in [0.1, 0.15) is 0 Å². The molecule has 2 aliphatic heterocycles. The fraction of sp³-hybridized carbons (Fsp3) is 0.545. The summed E-state index contributed by atoms with van der Waals surface area (Å²) in [5, 5.41) is 0.972. The van der Waals surface area contributed by atoms with Crippen LogP contribution in [0.15, 0.2) is 18.2 Å². The summed E-state index contributed by atoms with van der Waals surface area (Å²) >= 11 is 0. The van der Waals surface area contributed by atoms with Crippen molar-refractivity contribution in [2.24, 2.45) is 0 Å². The van der Waals surface area contributed by atoms with Crippen LogP contribution in [0.25, 0.3) is 10.9 Å². The summed E-state index contributed by atoms with van der Waals surface area (Å²) < 4.78 is 6.07. The zero-order valence-electron chi connectivity index (χ0n) is 16.1. The molecule has 0 aliphatic carbocycles. The number of ether oxygens (including phenoxy) is 1. The van der Waals surface area contributed by atoms with Crippen molar-refractivity contribution in [2.45, 2.75) is 58.5 Å². The quantitative estimate of drug-likeness (QED) is 0.767. The molecular formula is C22H28N2O2. The lowest BCUT2D eigenvalue weighted by atomic mass is 9.92. The van der Waals surface area contributed by atoms with Crippen LogP contribution >= 0.6 is 0 Å². The van der Waals surface area contributed by atoms with Gasteiger partial charge in [-0.15, -0.1) is 0 Å². The van der Waals surface area contributed by atoms with E-state index in [1.54, 1.807) is 0 Å². The van der Waals surface area contributed by atoms with Crippen LogP contribution in [-0.2, 0) is 4.74 Å². The van der Waals surface area contributed by atoms with Gasteiger partial charge in [-0.05, 0) is 70.1 Å². The summed E-state index contributed by atoms with van der Waals surface area (Å²) in [6, 6.07) is 6.10. The molecule has 1 amide bonds. The van der Waals surface area contributed by atoms with Crippen LogP contribution in [0.5, 0.6) is 0 Å². The number of likely N-dealkylation sites (tertiary alicyclic amines) is 1. The molecule has 2 aromatic rings. The van der Waals surface area contributed by atoms with Gasteiger partial charge in [0.2, 0.25) is 0 Å². The topological polar surface area (TPSA) is 42.4 Å². The zero-order chi connectivity index (χ0) is 18.3. The summed E-state index contributed by atoms with van der Waals surface area (Å²) in [6.45, 7) is 8.63. The van der Waals surface area contributed by atoms with E-state index >= 15 is 0 Å². The van der Waals surface area contributed by atoms with Gasteiger partial charge in [-0.1, -0.05) is 12.1 Å². The Hall–Kier alpha value is -1.94. The number of rotatable bonds is 1. The van der Waals surface area contributed by atoms with Crippen LogP contribution in [0, 0.1) is 20.8 Å². The second kappa shape index (κ2) is 6.66. The molecule has 26 heavy (non-hydrogen) atoms. The lowest BCUT2D eigenvalue weighted by Gasteiger charge is -2.27. The maximum Gasteiger partial charge on any atom is 0.254 e. The highest BCUT2D eigenvalue weighted by molar-refractivity contribution is 6.07. The molecule has 4 rings (SSSR count). The van der Waals surface area contributed by atoms with Crippen molar-refractivity contribution in [1.82, 2.24) is 9.88 Å². The first-order valence-corrected chi connectivity index (χ1v) is 9.80.